The molecule has 7 heteroatoms. The van der Waals surface area contributed by atoms with Crippen molar-refractivity contribution in [1.29, 1.82) is 0 Å². The van der Waals surface area contributed by atoms with Gasteiger partial charge in [-0.1, -0.05) is 30.3 Å². The molecule has 0 saturated carbocycles. The van der Waals surface area contributed by atoms with Gasteiger partial charge in [-0.25, -0.2) is 4.98 Å². The molecular formula is C21H29IN4O2. The van der Waals surface area contributed by atoms with Crippen molar-refractivity contribution in [2.24, 2.45) is 10.9 Å². The number of methoxy groups -OCH3 is 1. The molecule has 152 valence electrons. The van der Waals surface area contributed by atoms with Crippen LogP contribution in [-0.2, 0) is 17.9 Å². The molecule has 1 aliphatic heterocycles. The van der Waals surface area contributed by atoms with E-state index in [0.29, 0.717) is 24.9 Å². The second-order valence-electron chi connectivity index (χ2n) is 6.73. The summed E-state index contributed by atoms with van der Waals surface area (Å²) in [5.74, 6) is 2.14. The van der Waals surface area contributed by atoms with E-state index in [2.05, 4.69) is 20.2 Å². The average Bonchev–Trinajstić information content (AvgIpc) is 3.17. The summed E-state index contributed by atoms with van der Waals surface area (Å²) in [6, 6.07) is 14.1. The molecule has 1 saturated heterocycles. The smallest absolute Gasteiger partial charge is 0.213 e. The highest BCUT2D eigenvalue weighted by molar-refractivity contribution is 14.0. The predicted molar refractivity (Wildman–Crippen MR) is 122 cm³/mol. The van der Waals surface area contributed by atoms with Crippen LogP contribution in [0.15, 0.2) is 53.7 Å². The zero-order valence-electron chi connectivity index (χ0n) is 16.5. The van der Waals surface area contributed by atoms with Crippen LogP contribution in [-0.4, -0.2) is 49.7 Å². The van der Waals surface area contributed by atoms with Gasteiger partial charge in [-0.15, -0.1) is 24.0 Å². The summed E-state index contributed by atoms with van der Waals surface area (Å²) >= 11 is 0. The number of nitrogens with zero attached hydrogens (tertiary/aromatic N) is 3. The number of hydrogen-bond acceptors (Lipinski definition) is 4. The van der Waals surface area contributed by atoms with Gasteiger partial charge < -0.3 is 19.7 Å². The van der Waals surface area contributed by atoms with Gasteiger partial charge in [0.25, 0.3) is 0 Å². The fourth-order valence-electron chi connectivity index (χ4n) is 3.28. The minimum absolute atomic E-state index is 0. The van der Waals surface area contributed by atoms with Gasteiger partial charge in [0.2, 0.25) is 5.88 Å². The zero-order chi connectivity index (χ0) is 18.9. The standard InChI is InChI=1S/C21H28N4O2.HI/c1-22-21(25-11-9-19(14-25)15-26-2)24-13-18-8-10-23-20(12-18)27-16-17-6-4-3-5-7-17;/h3-8,10,12,19H,9,11,13-16H2,1-2H3,(H,22,24);1H. The van der Waals surface area contributed by atoms with Crippen LogP contribution < -0.4 is 10.1 Å². The number of halogens is 1. The van der Waals surface area contributed by atoms with Crippen LogP contribution in [0.2, 0.25) is 0 Å². The first-order chi connectivity index (χ1) is 13.3. The number of aliphatic imine (C=N–C) groups is 1. The summed E-state index contributed by atoms with van der Waals surface area (Å²) in [6.07, 6.45) is 2.92. The monoisotopic (exact) mass is 496 g/mol. The van der Waals surface area contributed by atoms with Gasteiger partial charge in [-0.3, -0.25) is 4.99 Å². The van der Waals surface area contributed by atoms with Gasteiger partial charge in [-0.2, -0.15) is 0 Å². The second kappa shape index (κ2) is 11.9. The van der Waals surface area contributed by atoms with E-state index in [1.54, 1.807) is 13.3 Å². The van der Waals surface area contributed by atoms with Crippen LogP contribution in [0.3, 0.4) is 0 Å². The number of guanidine groups is 1. The molecule has 28 heavy (non-hydrogen) atoms. The maximum Gasteiger partial charge on any atom is 0.213 e. The van der Waals surface area contributed by atoms with Crippen molar-refractivity contribution in [1.82, 2.24) is 15.2 Å². The fourth-order valence-corrected chi connectivity index (χ4v) is 3.28. The Labute approximate surface area is 184 Å². The van der Waals surface area contributed by atoms with E-state index >= 15 is 0 Å². The third-order valence-electron chi connectivity index (χ3n) is 4.68. The van der Waals surface area contributed by atoms with Crippen molar-refractivity contribution in [2.45, 2.75) is 19.6 Å². The Kier molecular flexibility index (Phi) is 9.49. The lowest BCUT2D eigenvalue weighted by molar-refractivity contribution is 0.157. The quantitative estimate of drug-likeness (QED) is 0.362. The first-order valence-electron chi connectivity index (χ1n) is 9.34. The summed E-state index contributed by atoms with van der Waals surface area (Å²) < 4.78 is 11.1. The Bertz CT molecular complexity index is 742. The molecule has 2 aromatic rings. The fraction of sp³-hybridized carbons (Fsp3) is 0.429. The molecule has 0 amide bonds. The largest absolute Gasteiger partial charge is 0.473 e. The molecule has 1 aliphatic rings. The van der Waals surface area contributed by atoms with Crippen molar-refractivity contribution in [3.8, 4) is 5.88 Å². The van der Waals surface area contributed by atoms with E-state index in [0.717, 1.165) is 43.2 Å². The third-order valence-corrected chi connectivity index (χ3v) is 4.68. The maximum absolute atomic E-state index is 5.81. The molecule has 1 unspecified atom stereocenters. The van der Waals surface area contributed by atoms with E-state index in [4.69, 9.17) is 9.47 Å². The summed E-state index contributed by atoms with van der Waals surface area (Å²) in [4.78, 5) is 11.0. The van der Waals surface area contributed by atoms with Gasteiger partial charge in [0.1, 0.15) is 6.61 Å². The van der Waals surface area contributed by atoms with Gasteiger partial charge >= 0.3 is 0 Å². The van der Waals surface area contributed by atoms with E-state index in [9.17, 15) is 0 Å². The van der Waals surface area contributed by atoms with Crippen LogP contribution in [0.1, 0.15) is 17.5 Å². The van der Waals surface area contributed by atoms with Crippen molar-refractivity contribution < 1.29 is 9.47 Å². The molecule has 0 radical (unpaired) electrons. The molecule has 2 heterocycles. The molecule has 1 aromatic carbocycles. The third kappa shape index (κ3) is 6.63. The van der Waals surface area contributed by atoms with Crippen molar-refractivity contribution >= 4 is 29.9 Å². The van der Waals surface area contributed by atoms with Gasteiger partial charge in [0.15, 0.2) is 5.96 Å². The maximum atomic E-state index is 5.81. The zero-order valence-corrected chi connectivity index (χ0v) is 18.8. The van der Waals surface area contributed by atoms with Crippen LogP contribution >= 0.6 is 24.0 Å². The van der Waals surface area contributed by atoms with Crippen LogP contribution in [0.5, 0.6) is 5.88 Å². The highest BCUT2D eigenvalue weighted by atomic mass is 127. The Morgan fingerprint density at radius 1 is 1.25 bits per heavy atom. The van der Waals surface area contributed by atoms with E-state index in [-0.39, 0.29) is 24.0 Å². The number of benzene rings is 1. The Morgan fingerprint density at radius 3 is 2.82 bits per heavy atom. The minimum atomic E-state index is 0. The Morgan fingerprint density at radius 2 is 2.07 bits per heavy atom. The van der Waals surface area contributed by atoms with Crippen molar-refractivity contribution in [3.05, 3.63) is 59.8 Å². The minimum Gasteiger partial charge on any atom is -0.473 e. The van der Waals surface area contributed by atoms with Crippen LogP contribution in [0.25, 0.3) is 0 Å². The molecule has 1 N–H and O–H groups in total. The summed E-state index contributed by atoms with van der Waals surface area (Å²) in [6.45, 7) is 3.99. The highest BCUT2D eigenvalue weighted by Crippen LogP contribution is 2.17. The molecule has 1 aromatic heterocycles. The van der Waals surface area contributed by atoms with Crippen molar-refractivity contribution in [3.63, 3.8) is 0 Å². The molecule has 1 atom stereocenters. The number of rotatable bonds is 7. The first kappa shape index (κ1) is 22.4. The number of pyridine rings is 1. The Hall–Kier alpha value is -1.87. The lowest BCUT2D eigenvalue weighted by atomic mass is 10.1. The summed E-state index contributed by atoms with van der Waals surface area (Å²) in [5, 5.41) is 3.44. The number of likely N-dealkylation sites (tertiary alicyclic amines) is 1. The number of ether oxygens (including phenoxy) is 2. The lowest BCUT2D eigenvalue weighted by Crippen LogP contribution is -2.39. The number of nitrogens with one attached hydrogen (secondary N) is 1. The highest BCUT2D eigenvalue weighted by Gasteiger charge is 2.24. The SMILES string of the molecule is CN=C(NCc1ccnc(OCc2ccccc2)c1)N1CCC(COC)C1.I. The molecule has 3 rings (SSSR count). The molecular weight excluding hydrogens is 467 g/mol. The van der Waals surface area contributed by atoms with Crippen molar-refractivity contribution in [2.75, 3.05) is 33.9 Å². The summed E-state index contributed by atoms with van der Waals surface area (Å²) in [7, 11) is 3.59. The number of hydrogen-bond donors (Lipinski definition) is 1. The van der Waals surface area contributed by atoms with E-state index in [1.165, 1.54) is 0 Å². The molecule has 0 spiro atoms. The van der Waals surface area contributed by atoms with Gasteiger partial charge in [-0.05, 0) is 23.6 Å². The molecule has 6 nitrogen and oxygen atoms in total. The predicted octanol–water partition coefficient (Wildman–Crippen LogP) is 3.32. The topological polar surface area (TPSA) is 59.0 Å². The van der Waals surface area contributed by atoms with Crippen LogP contribution in [0, 0.1) is 5.92 Å². The summed E-state index contributed by atoms with van der Waals surface area (Å²) in [5.41, 5.74) is 2.24. The Balaban J connectivity index is 0.00000280. The second-order valence-corrected chi connectivity index (χ2v) is 6.73. The lowest BCUT2D eigenvalue weighted by Gasteiger charge is -2.21. The number of aromatic nitrogens is 1. The molecule has 0 bridgehead atoms. The molecule has 1 fully saturated rings. The van der Waals surface area contributed by atoms with E-state index < -0.39 is 0 Å². The average molecular weight is 496 g/mol. The van der Waals surface area contributed by atoms with Gasteiger partial charge in [0, 0.05) is 52.0 Å². The first-order valence-corrected chi connectivity index (χ1v) is 9.34. The normalized spacial score (nSPS) is 16.6. The van der Waals surface area contributed by atoms with E-state index in [1.807, 2.05) is 49.5 Å². The van der Waals surface area contributed by atoms with Gasteiger partial charge in [0.05, 0.1) is 6.61 Å². The van der Waals surface area contributed by atoms with Crippen LogP contribution in [0.4, 0.5) is 0 Å². The molecule has 0 aliphatic carbocycles.